The van der Waals surface area contributed by atoms with Crippen molar-refractivity contribution in [3.63, 3.8) is 0 Å². The third kappa shape index (κ3) is 6.47. The van der Waals surface area contributed by atoms with Gasteiger partial charge >= 0.3 is 0 Å². The third-order valence-corrected chi connectivity index (χ3v) is 4.67. The van der Waals surface area contributed by atoms with Crippen LogP contribution in [0.2, 0.25) is 0 Å². The van der Waals surface area contributed by atoms with Gasteiger partial charge in [0.1, 0.15) is 11.5 Å². The molecule has 1 aliphatic heterocycles. The summed E-state index contributed by atoms with van der Waals surface area (Å²) in [6, 6.07) is 14.6. The van der Waals surface area contributed by atoms with Crippen LogP contribution in [0.3, 0.4) is 0 Å². The number of hydrogen-bond acceptors (Lipinski definition) is 6. The van der Waals surface area contributed by atoms with E-state index in [1.807, 2.05) is 30.3 Å². The zero-order valence-electron chi connectivity index (χ0n) is 17.4. The van der Waals surface area contributed by atoms with Crippen molar-refractivity contribution in [2.24, 2.45) is 4.99 Å². The largest absolute Gasteiger partial charge is 0.497 e. The predicted octanol–water partition coefficient (Wildman–Crippen LogP) is 2.23. The number of nitrogens with one attached hydrogen (secondary N) is 2. The Kier molecular flexibility index (Phi) is 8.05. The first kappa shape index (κ1) is 21.6. The van der Waals surface area contributed by atoms with Gasteiger partial charge in [0, 0.05) is 37.0 Å². The van der Waals surface area contributed by atoms with Crippen LogP contribution in [-0.2, 0) is 4.74 Å². The zero-order valence-corrected chi connectivity index (χ0v) is 17.4. The van der Waals surface area contributed by atoms with Crippen LogP contribution in [0.1, 0.15) is 10.4 Å². The van der Waals surface area contributed by atoms with Crippen molar-refractivity contribution >= 4 is 17.6 Å². The van der Waals surface area contributed by atoms with Crippen molar-refractivity contribution in [2.75, 3.05) is 58.9 Å². The Bertz CT molecular complexity index is 829. The molecule has 3 rings (SSSR count). The second-order valence-corrected chi connectivity index (χ2v) is 6.73. The highest BCUT2D eigenvalue weighted by Crippen LogP contribution is 2.22. The maximum absolute atomic E-state index is 12.9. The average Bonchev–Trinajstić information content (AvgIpc) is 2.80. The monoisotopic (exact) mass is 412 g/mol. The van der Waals surface area contributed by atoms with E-state index in [0.717, 1.165) is 38.5 Å². The molecule has 2 aromatic carbocycles. The number of carbonyl (C=O) groups excluding carboxylic acids is 1. The first-order chi connectivity index (χ1) is 14.7. The van der Waals surface area contributed by atoms with Crippen molar-refractivity contribution in [2.45, 2.75) is 0 Å². The normalized spacial score (nSPS) is 14.8. The second-order valence-electron chi connectivity index (χ2n) is 6.73. The minimum absolute atomic E-state index is 0.305. The number of anilines is 1. The van der Waals surface area contributed by atoms with E-state index in [4.69, 9.17) is 14.2 Å². The molecule has 0 aromatic heterocycles. The van der Waals surface area contributed by atoms with E-state index >= 15 is 0 Å². The van der Waals surface area contributed by atoms with E-state index < -0.39 is 0 Å². The third-order valence-electron chi connectivity index (χ3n) is 4.67. The molecular formula is C22H28N4O4. The fraction of sp³-hybridized carbons (Fsp3) is 0.364. The van der Waals surface area contributed by atoms with E-state index in [2.05, 4.69) is 20.5 Å². The number of carbonyl (C=O) groups is 1. The standard InChI is InChI=1S/C22H28N4O4/c1-28-19-14-17(15-20(16-19)29-2)21(27)25-22(24-18-6-4-3-5-7-18)23-8-9-26-10-12-30-13-11-26/h3-7,14-16H,8-13H2,1-2H3,(H2,23,24,25,27). The maximum Gasteiger partial charge on any atom is 0.258 e. The van der Waals surface area contributed by atoms with Gasteiger partial charge in [-0.1, -0.05) is 18.2 Å². The highest BCUT2D eigenvalue weighted by molar-refractivity contribution is 6.10. The van der Waals surface area contributed by atoms with Crippen molar-refractivity contribution < 1.29 is 19.0 Å². The van der Waals surface area contributed by atoms with E-state index in [1.165, 1.54) is 0 Å². The molecule has 0 aliphatic carbocycles. The zero-order chi connectivity index (χ0) is 21.2. The van der Waals surface area contributed by atoms with Gasteiger partial charge in [0.05, 0.1) is 34.0 Å². The number of nitrogens with zero attached hydrogens (tertiary/aromatic N) is 2. The molecule has 8 heteroatoms. The minimum Gasteiger partial charge on any atom is -0.497 e. The van der Waals surface area contributed by atoms with Gasteiger partial charge in [-0.15, -0.1) is 0 Å². The van der Waals surface area contributed by atoms with Gasteiger partial charge in [0.25, 0.3) is 5.91 Å². The number of guanidine groups is 1. The number of hydrogen-bond donors (Lipinski definition) is 2. The molecule has 160 valence electrons. The molecule has 0 unspecified atom stereocenters. The summed E-state index contributed by atoms with van der Waals surface area (Å²) in [6.07, 6.45) is 0. The summed E-state index contributed by atoms with van der Waals surface area (Å²) in [4.78, 5) is 19.8. The van der Waals surface area contributed by atoms with Crippen LogP contribution >= 0.6 is 0 Å². The van der Waals surface area contributed by atoms with Crippen molar-refractivity contribution in [3.05, 3.63) is 54.1 Å². The van der Waals surface area contributed by atoms with Gasteiger partial charge < -0.3 is 19.5 Å². The van der Waals surface area contributed by atoms with Crippen molar-refractivity contribution in [1.82, 2.24) is 10.2 Å². The number of para-hydroxylation sites is 1. The first-order valence-corrected chi connectivity index (χ1v) is 9.89. The van der Waals surface area contributed by atoms with Crippen LogP contribution in [0.15, 0.2) is 53.5 Å². The van der Waals surface area contributed by atoms with E-state index in [1.54, 1.807) is 32.4 Å². The quantitative estimate of drug-likeness (QED) is 0.536. The molecule has 8 nitrogen and oxygen atoms in total. The lowest BCUT2D eigenvalue weighted by Crippen LogP contribution is -2.39. The van der Waals surface area contributed by atoms with Gasteiger partial charge in [0.15, 0.2) is 0 Å². The highest BCUT2D eigenvalue weighted by Gasteiger charge is 2.14. The van der Waals surface area contributed by atoms with Crippen LogP contribution in [-0.4, -0.2) is 70.4 Å². The van der Waals surface area contributed by atoms with Gasteiger partial charge in [-0.3, -0.25) is 20.0 Å². The smallest absolute Gasteiger partial charge is 0.258 e. The fourth-order valence-electron chi connectivity index (χ4n) is 3.01. The van der Waals surface area contributed by atoms with E-state index in [9.17, 15) is 4.79 Å². The summed E-state index contributed by atoms with van der Waals surface area (Å²) < 4.78 is 15.9. The first-order valence-electron chi connectivity index (χ1n) is 9.89. The molecule has 0 bridgehead atoms. The number of amides is 1. The molecule has 1 amide bonds. The topological polar surface area (TPSA) is 84.4 Å². The molecule has 1 aliphatic rings. The Balaban J connectivity index is 1.72. The molecule has 0 spiro atoms. The van der Waals surface area contributed by atoms with Gasteiger partial charge in [-0.05, 0) is 24.3 Å². The average molecular weight is 412 g/mol. The molecular weight excluding hydrogens is 384 g/mol. The number of benzene rings is 2. The second kappa shape index (κ2) is 11.2. The lowest BCUT2D eigenvalue weighted by Gasteiger charge is -2.25. The fourth-order valence-corrected chi connectivity index (χ4v) is 3.01. The van der Waals surface area contributed by atoms with Gasteiger partial charge in [-0.25, -0.2) is 0 Å². The number of methoxy groups -OCH3 is 2. The number of morpholine rings is 1. The van der Waals surface area contributed by atoms with Crippen molar-refractivity contribution in [1.29, 1.82) is 0 Å². The molecule has 1 fully saturated rings. The number of aliphatic imine (C=N–C) groups is 1. The van der Waals surface area contributed by atoms with Crippen LogP contribution in [0.4, 0.5) is 5.69 Å². The van der Waals surface area contributed by atoms with Crippen LogP contribution in [0, 0.1) is 0 Å². The van der Waals surface area contributed by atoms with Gasteiger partial charge in [-0.2, -0.15) is 0 Å². The number of ether oxygens (including phenoxy) is 3. The molecule has 30 heavy (non-hydrogen) atoms. The molecule has 0 radical (unpaired) electrons. The lowest BCUT2D eigenvalue weighted by atomic mass is 10.2. The Hall–Kier alpha value is -3.10. The van der Waals surface area contributed by atoms with E-state index in [0.29, 0.717) is 29.6 Å². The Morgan fingerprint density at radius 1 is 1.07 bits per heavy atom. The summed E-state index contributed by atoms with van der Waals surface area (Å²) in [5.41, 5.74) is 1.26. The van der Waals surface area contributed by atoms with E-state index in [-0.39, 0.29) is 5.91 Å². The van der Waals surface area contributed by atoms with Gasteiger partial charge in [0.2, 0.25) is 5.96 Å². The number of rotatable bonds is 7. The molecule has 1 saturated heterocycles. The molecule has 0 saturated carbocycles. The summed E-state index contributed by atoms with van der Waals surface area (Å²) >= 11 is 0. The van der Waals surface area contributed by atoms with Crippen LogP contribution < -0.4 is 20.1 Å². The Labute approximate surface area is 176 Å². The molecule has 0 atom stereocenters. The summed E-state index contributed by atoms with van der Waals surface area (Å²) in [6.45, 7) is 4.63. The summed E-state index contributed by atoms with van der Waals surface area (Å²) in [7, 11) is 3.10. The Morgan fingerprint density at radius 3 is 2.37 bits per heavy atom. The lowest BCUT2D eigenvalue weighted by molar-refractivity contribution is 0.0394. The maximum atomic E-state index is 12.9. The molecule has 2 aromatic rings. The van der Waals surface area contributed by atoms with Crippen molar-refractivity contribution in [3.8, 4) is 11.5 Å². The summed E-state index contributed by atoms with van der Waals surface area (Å²) in [5.74, 6) is 1.17. The summed E-state index contributed by atoms with van der Waals surface area (Å²) in [5, 5.41) is 6.05. The van der Waals surface area contributed by atoms with Crippen LogP contribution in [0.5, 0.6) is 11.5 Å². The molecule has 2 N–H and O–H groups in total. The minimum atomic E-state index is -0.305. The SMILES string of the molecule is COc1cc(OC)cc(C(=O)NC(=NCCN2CCOCC2)Nc2ccccc2)c1. The molecule has 1 heterocycles. The predicted molar refractivity (Wildman–Crippen MR) is 117 cm³/mol. The van der Waals surface area contributed by atoms with Crippen LogP contribution in [0.25, 0.3) is 0 Å². The Morgan fingerprint density at radius 2 is 1.73 bits per heavy atom. The highest BCUT2D eigenvalue weighted by atomic mass is 16.5.